The van der Waals surface area contributed by atoms with E-state index in [0.29, 0.717) is 28.6 Å². The molecule has 7 heteroatoms. The first kappa shape index (κ1) is 12.9. The summed E-state index contributed by atoms with van der Waals surface area (Å²) in [7, 11) is 1.50. The molecule has 0 unspecified atom stereocenters. The highest BCUT2D eigenvalue weighted by Crippen LogP contribution is 2.32. The van der Waals surface area contributed by atoms with Crippen LogP contribution >= 0.6 is 0 Å². The van der Waals surface area contributed by atoms with Crippen LogP contribution in [0.5, 0.6) is 17.4 Å². The first-order valence-electron chi connectivity index (χ1n) is 6.13. The number of aldehydes is 1. The number of nitrogen functional groups attached to an aromatic ring is 1. The van der Waals surface area contributed by atoms with Gasteiger partial charge in [0.2, 0.25) is 11.8 Å². The number of pyridine rings is 1. The van der Waals surface area contributed by atoms with Gasteiger partial charge in [-0.1, -0.05) is 6.07 Å². The number of carbonyl (C=O) groups is 1. The van der Waals surface area contributed by atoms with Crippen LogP contribution in [0.25, 0.3) is 5.65 Å². The van der Waals surface area contributed by atoms with Gasteiger partial charge in [0.25, 0.3) is 0 Å². The molecular weight excluding hydrogens is 272 g/mol. The van der Waals surface area contributed by atoms with E-state index in [-0.39, 0.29) is 5.95 Å². The number of carbonyl (C=O) groups excluding carboxylic acids is 1. The first-order valence-corrected chi connectivity index (χ1v) is 6.13. The summed E-state index contributed by atoms with van der Waals surface area (Å²) >= 11 is 0. The molecule has 2 heterocycles. The Bertz CT molecular complexity index is 813. The summed E-state index contributed by atoms with van der Waals surface area (Å²) in [6.45, 7) is 0. The van der Waals surface area contributed by atoms with Crippen molar-refractivity contribution in [3.63, 3.8) is 0 Å². The number of anilines is 1. The van der Waals surface area contributed by atoms with Crippen molar-refractivity contribution in [3.8, 4) is 17.4 Å². The van der Waals surface area contributed by atoms with Crippen molar-refractivity contribution in [2.24, 2.45) is 0 Å². The zero-order valence-corrected chi connectivity index (χ0v) is 11.2. The molecule has 0 aliphatic heterocycles. The largest absolute Gasteiger partial charge is 0.493 e. The van der Waals surface area contributed by atoms with Gasteiger partial charge in [-0.25, -0.2) is 0 Å². The standard InChI is InChI=1S/C14H12N4O3/c1-20-11-7-9(8-19)5-6-10(11)21-13-4-2-3-12-16-14(15)17-18(12)13/h2-8H,1H3,(H2,15,17). The smallest absolute Gasteiger partial charge is 0.240 e. The molecular formula is C14H12N4O3. The Hall–Kier alpha value is -3.09. The minimum absolute atomic E-state index is 0.161. The van der Waals surface area contributed by atoms with E-state index in [2.05, 4.69) is 10.1 Å². The Balaban J connectivity index is 2.04. The fourth-order valence-corrected chi connectivity index (χ4v) is 1.93. The number of methoxy groups -OCH3 is 1. The molecule has 0 saturated heterocycles. The van der Waals surface area contributed by atoms with Crippen molar-refractivity contribution in [2.75, 3.05) is 12.8 Å². The Labute approximate surface area is 119 Å². The summed E-state index contributed by atoms with van der Waals surface area (Å²) < 4.78 is 12.5. The van der Waals surface area contributed by atoms with E-state index < -0.39 is 0 Å². The summed E-state index contributed by atoms with van der Waals surface area (Å²) in [6, 6.07) is 10.2. The quantitative estimate of drug-likeness (QED) is 0.736. The Morgan fingerprint density at radius 3 is 2.86 bits per heavy atom. The van der Waals surface area contributed by atoms with Gasteiger partial charge in [0, 0.05) is 11.6 Å². The number of benzene rings is 1. The lowest BCUT2D eigenvalue weighted by Gasteiger charge is -2.11. The predicted molar refractivity (Wildman–Crippen MR) is 75.9 cm³/mol. The average Bonchev–Trinajstić information content (AvgIpc) is 2.89. The van der Waals surface area contributed by atoms with Crippen LogP contribution in [0.4, 0.5) is 5.95 Å². The zero-order chi connectivity index (χ0) is 14.8. The molecule has 2 N–H and O–H groups in total. The van der Waals surface area contributed by atoms with E-state index in [1.807, 2.05) is 0 Å². The number of aromatic nitrogens is 3. The van der Waals surface area contributed by atoms with Crippen LogP contribution in [0.3, 0.4) is 0 Å². The lowest BCUT2D eigenvalue weighted by molar-refractivity contribution is 0.112. The molecule has 0 aliphatic carbocycles. The third-order valence-corrected chi connectivity index (χ3v) is 2.88. The predicted octanol–water partition coefficient (Wildman–Crippen LogP) is 1.92. The van der Waals surface area contributed by atoms with Gasteiger partial charge in [-0.15, -0.1) is 5.10 Å². The van der Waals surface area contributed by atoms with E-state index in [1.54, 1.807) is 36.4 Å². The van der Waals surface area contributed by atoms with Crippen LogP contribution < -0.4 is 15.2 Å². The molecule has 3 rings (SSSR count). The van der Waals surface area contributed by atoms with Crippen LogP contribution in [0.1, 0.15) is 10.4 Å². The van der Waals surface area contributed by atoms with Crippen molar-refractivity contribution in [3.05, 3.63) is 42.0 Å². The minimum atomic E-state index is 0.161. The molecule has 0 atom stereocenters. The highest BCUT2D eigenvalue weighted by Gasteiger charge is 2.11. The second-order valence-corrected chi connectivity index (χ2v) is 4.23. The molecule has 1 aromatic carbocycles. The van der Waals surface area contributed by atoms with E-state index in [0.717, 1.165) is 6.29 Å². The first-order chi connectivity index (χ1) is 10.2. The zero-order valence-electron chi connectivity index (χ0n) is 11.2. The van der Waals surface area contributed by atoms with Gasteiger partial charge >= 0.3 is 0 Å². The maximum absolute atomic E-state index is 10.8. The van der Waals surface area contributed by atoms with Crippen LogP contribution in [0, 0.1) is 0 Å². The van der Waals surface area contributed by atoms with Crippen molar-refractivity contribution in [1.29, 1.82) is 0 Å². The fourth-order valence-electron chi connectivity index (χ4n) is 1.93. The lowest BCUT2D eigenvalue weighted by atomic mass is 10.2. The Kier molecular flexibility index (Phi) is 3.15. The highest BCUT2D eigenvalue weighted by atomic mass is 16.5. The number of fused-ring (bicyclic) bond motifs is 1. The molecule has 0 amide bonds. The molecule has 0 radical (unpaired) electrons. The van der Waals surface area contributed by atoms with E-state index in [1.165, 1.54) is 11.6 Å². The fraction of sp³-hybridized carbons (Fsp3) is 0.0714. The monoisotopic (exact) mass is 284 g/mol. The SMILES string of the molecule is COc1cc(C=O)ccc1Oc1cccc2nc(N)nn12. The van der Waals surface area contributed by atoms with Crippen LogP contribution in [-0.2, 0) is 0 Å². The van der Waals surface area contributed by atoms with Crippen molar-refractivity contribution in [2.45, 2.75) is 0 Å². The molecule has 21 heavy (non-hydrogen) atoms. The maximum atomic E-state index is 10.8. The average molecular weight is 284 g/mol. The summed E-state index contributed by atoms with van der Waals surface area (Å²) in [4.78, 5) is 14.8. The van der Waals surface area contributed by atoms with Gasteiger partial charge in [0.1, 0.15) is 6.29 Å². The second-order valence-electron chi connectivity index (χ2n) is 4.23. The summed E-state index contributed by atoms with van der Waals surface area (Å²) in [5.74, 6) is 1.51. The molecule has 0 fully saturated rings. The summed E-state index contributed by atoms with van der Waals surface area (Å²) in [5.41, 5.74) is 6.66. The molecule has 7 nitrogen and oxygen atoms in total. The molecule has 0 saturated carbocycles. The van der Waals surface area contributed by atoms with Gasteiger partial charge in [0.15, 0.2) is 17.1 Å². The molecule has 0 spiro atoms. The number of rotatable bonds is 4. The van der Waals surface area contributed by atoms with Gasteiger partial charge in [-0.3, -0.25) is 4.79 Å². The van der Waals surface area contributed by atoms with Crippen LogP contribution in [-0.4, -0.2) is 28.0 Å². The third kappa shape index (κ3) is 2.36. The number of hydrogen-bond donors (Lipinski definition) is 1. The van der Waals surface area contributed by atoms with Gasteiger partial charge in [-0.2, -0.15) is 9.50 Å². The number of ether oxygens (including phenoxy) is 2. The van der Waals surface area contributed by atoms with Crippen molar-refractivity contribution in [1.82, 2.24) is 14.6 Å². The van der Waals surface area contributed by atoms with Crippen LogP contribution in [0.15, 0.2) is 36.4 Å². The van der Waals surface area contributed by atoms with Crippen LogP contribution in [0.2, 0.25) is 0 Å². The normalized spacial score (nSPS) is 10.5. The second kappa shape index (κ2) is 5.12. The minimum Gasteiger partial charge on any atom is -0.493 e. The summed E-state index contributed by atoms with van der Waals surface area (Å²) in [5, 5.41) is 4.06. The molecule has 3 aromatic rings. The maximum Gasteiger partial charge on any atom is 0.240 e. The van der Waals surface area contributed by atoms with Crippen molar-refractivity contribution >= 4 is 17.9 Å². The Morgan fingerprint density at radius 1 is 1.24 bits per heavy atom. The van der Waals surface area contributed by atoms with E-state index in [4.69, 9.17) is 15.2 Å². The van der Waals surface area contributed by atoms with Gasteiger partial charge in [-0.05, 0) is 24.3 Å². The molecule has 106 valence electrons. The topological polar surface area (TPSA) is 91.7 Å². The van der Waals surface area contributed by atoms with E-state index >= 15 is 0 Å². The Morgan fingerprint density at radius 2 is 2.10 bits per heavy atom. The molecule has 2 aromatic heterocycles. The van der Waals surface area contributed by atoms with Gasteiger partial charge < -0.3 is 15.2 Å². The third-order valence-electron chi connectivity index (χ3n) is 2.88. The lowest BCUT2D eigenvalue weighted by Crippen LogP contribution is -1.98. The molecule has 0 bridgehead atoms. The van der Waals surface area contributed by atoms with Crippen molar-refractivity contribution < 1.29 is 14.3 Å². The number of hydrogen-bond acceptors (Lipinski definition) is 6. The van der Waals surface area contributed by atoms with E-state index in [9.17, 15) is 4.79 Å². The number of nitrogens with zero attached hydrogens (tertiary/aromatic N) is 3. The number of nitrogens with two attached hydrogens (primary N) is 1. The highest BCUT2D eigenvalue weighted by molar-refractivity contribution is 5.76. The van der Waals surface area contributed by atoms with Gasteiger partial charge in [0.05, 0.1) is 7.11 Å². The molecule has 0 aliphatic rings. The summed E-state index contributed by atoms with van der Waals surface area (Å²) in [6.07, 6.45) is 0.741.